The second kappa shape index (κ2) is 24.2. The van der Waals surface area contributed by atoms with Crippen LogP contribution in [-0.2, 0) is 90.0 Å². The van der Waals surface area contributed by atoms with Gasteiger partial charge in [0.2, 0.25) is 0 Å². The molecule has 12 nitrogen and oxygen atoms in total. The predicted octanol–water partition coefficient (Wildman–Crippen LogP) is 8.74. The van der Waals surface area contributed by atoms with Crippen molar-refractivity contribution in [2.75, 3.05) is 20.3 Å². The van der Waals surface area contributed by atoms with Gasteiger partial charge >= 0.3 is 0 Å². The number of rotatable bonds is 23. The SMILES string of the molecule is CO[C@H]1O[C@H](COCc2ccccc2)[C@@H](OCc2ccccc2)[C@H](O[C@H]2O[C@H](COS(=O)(=O)c3ccccc3C)[C@H](OCc3ccccc3)[C@H]2OCc2ccccc2)[C@@H]1OCc1ccccc1. The molecular formula is C54H58O12S. The van der Waals surface area contributed by atoms with Gasteiger partial charge in [0.25, 0.3) is 10.1 Å². The molecule has 2 heterocycles. The second-order valence-electron chi connectivity index (χ2n) is 16.5. The molecule has 2 fully saturated rings. The molecule has 67 heavy (non-hydrogen) atoms. The maximum absolute atomic E-state index is 13.8. The summed E-state index contributed by atoms with van der Waals surface area (Å²) in [5.41, 5.74) is 5.21. The molecule has 0 saturated carbocycles. The second-order valence-corrected chi connectivity index (χ2v) is 18.1. The molecule has 0 amide bonds. The van der Waals surface area contributed by atoms with E-state index in [-0.39, 0.29) is 37.9 Å². The zero-order valence-corrected chi connectivity index (χ0v) is 38.5. The Kier molecular flexibility index (Phi) is 17.5. The van der Waals surface area contributed by atoms with Crippen LogP contribution < -0.4 is 0 Å². The third-order valence-corrected chi connectivity index (χ3v) is 13.1. The first kappa shape index (κ1) is 48.3. The Morgan fingerprint density at radius 2 is 0.806 bits per heavy atom. The average molecular weight is 931 g/mol. The van der Waals surface area contributed by atoms with E-state index in [1.807, 2.05) is 152 Å². The number of methoxy groups -OCH3 is 1. The molecule has 6 aromatic carbocycles. The monoisotopic (exact) mass is 930 g/mol. The Morgan fingerprint density at radius 3 is 1.27 bits per heavy atom. The molecule has 0 N–H and O–H groups in total. The summed E-state index contributed by atoms with van der Waals surface area (Å²) in [7, 11) is -2.67. The van der Waals surface area contributed by atoms with Gasteiger partial charge in [-0.1, -0.05) is 170 Å². The van der Waals surface area contributed by atoms with E-state index in [9.17, 15) is 8.42 Å². The lowest BCUT2D eigenvalue weighted by atomic mass is 9.97. The molecule has 0 bridgehead atoms. The quantitative estimate of drug-likeness (QED) is 0.0571. The van der Waals surface area contributed by atoms with Crippen LogP contribution in [0.15, 0.2) is 181 Å². The van der Waals surface area contributed by atoms with Crippen molar-refractivity contribution in [2.45, 2.75) is 100 Å². The molecule has 8 rings (SSSR count). The molecular weight excluding hydrogens is 873 g/mol. The fourth-order valence-corrected chi connectivity index (χ4v) is 9.34. The molecule has 2 aliphatic heterocycles. The largest absolute Gasteiger partial charge is 0.374 e. The maximum atomic E-state index is 13.8. The van der Waals surface area contributed by atoms with Crippen LogP contribution in [0.2, 0.25) is 0 Å². The number of hydrogen-bond donors (Lipinski definition) is 0. The van der Waals surface area contributed by atoms with Crippen LogP contribution in [0, 0.1) is 6.92 Å². The van der Waals surface area contributed by atoms with Crippen LogP contribution in [0.5, 0.6) is 0 Å². The number of aryl methyl sites for hydroxylation is 1. The molecule has 2 aliphatic rings. The van der Waals surface area contributed by atoms with E-state index in [0.717, 1.165) is 27.8 Å². The van der Waals surface area contributed by atoms with E-state index in [2.05, 4.69) is 0 Å². The topological polar surface area (TPSA) is 126 Å². The van der Waals surface area contributed by atoms with Crippen LogP contribution in [0.1, 0.15) is 33.4 Å². The van der Waals surface area contributed by atoms with Crippen molar-refractivity contribution < 1.29 is 55.2 Å². The van der Waals surface area contributed by atoms with Gasteiger partial charge in [-0.15, -0.1) is 0 Å². The van der Waals surface area contributed by atoms with E-state index < -0.39 is 72.0 Å². The zero-order chi connectivity index (χ0) is 46.3. The van der Waals surface area contributed by atoms with E-state index >= 15 is 0 Å². The highest BCUT2D eigenvalue weighted by Crippen LogP contribution is 2.37. The van der Waals surface area contributed by atoms with Crippen LogP contribution in [0.25, 0.3) is 0 Å². The van der Waals surface area contributed by atoms with Crippen molar-refractivity contribution in [1.29, 1.82) is 0 Å². The van der Waals surface area contributed by atoms with Crippen LogP contribution in [0.3, 0.4) is 0 Å². The van der Waals surface area contributed by atoms with Gasteiger partial charge in [-0.3, -0.25) is 4.18 Å². The van der Waals surface area contributed by atoms with Crippen molar-refractivity contribution in [2.24, 2.45) is 0 Å². The average Bonchev–Trinajstić information content (AvgIpc) is 3.70. The maximum Gasteiger partial charge on any atom is 0.297 e. The summed E-state index contributed by atoms with van der Waals surface area (Å²) >= 11 is 0. The summed E-state index contributed by atoms with van der Waals surface area (Å²) in [4.78, 5) is 0.0598. The Balaban J connectivity index is 1.15. The van der Waals surface area contributed by atoms with Crippen LogP contribution >= 0.6 is 0 Å². The summed E-state index contributed by atoms with van der Waals surface area (Å²) < 4.78 is 93.6. The van der Waals surface area contributed by atoms with E-state index in [0.29, 0.717) is 12.2 Å². The molecule has 0 unspecified atom stereocenters. The zero-order valence-electron chi connectivity index (χ0n) is 37.7. The van der Waals surface area contributed by atoms with E-state index in [4.69, 9.17) is 46.8 Å². The fourth-order valence-electron chi connectivity index (χ4n) is 8.19. The summed E-state index contributed by atoms with van der Waals surface area (Å²) in [6, 6.07) is 55.6. The smallest absolute Gasteiger partial charge is 0.297 e. The Labute approximate surface area is 393 Å². The molecule has 0 spiro atoms. The van der Waals surface area contributed by atoms with Gasteiger partial charge in [0.05, 0.1) is 51.1 Å². The number of benzene rings is 6. The van der Waals surface area contributed by atoms with Gasteiger partial charge in [-0.2, -0.15) is 8.42 Å². The normalized spacial score (nSPS) is 24.1. The Morgan fingerprint density at radius 1 is 0.433 bits per heavy atom. The highest BCUT2D eigenvalue weighted by Gasteiger charge is 2.54. The van der Waals surface area contributed by atoms with Gasteiger partial charge in [0, 0.05) is 7.11 Å². The minimum atomic E-state index is -4.22. The minimum absolute atomic E-state index is 0.0598. The Hall–Kier alpha value is -5.13. The third-order valence-electron chi connectivity index (χ3n) is 11.7. The van der Waals surface area contributed by atoms with Gasteiger partial charge in [0.1, 0.15) is 42.7 Å². The van der Waals surface area contributed by atoms with Gasteiger partial charge in [-0.05, 0) is 46.4 Å². The van der Waals surface area contributed by atoms with Crippen molar-refractivity contribution in [3.8, 4) is 0 Å². The molecule has 0 aliphatic carbocycles. The van der Waals surface area contributed by atoms with Gasteiger partial charge < -0.3 is 42.6 Å². The summed E-state index contributed by atoms with van der Waals surface area (Å²) in [6.45, 7) is 2.52. The molecule has 0 radical (unpaired) electrons. The first-order chi connectivity index (χ1) is 32.8. The summed E-state index contributed by atoms with van der Waals surface area (Å²) in [5.74, 6) is 0. The number of ether oxygens (including phenoxy) is 9. The molecule has 13 heteroatoms. The third kappa shape index (κ3) is 13.3. The van der Waals surface area contributed by atoms with Crippen molar-refractivity contribution in [1.82, 2.24) is 0 Å². The number of hydrogen-bond acceptors (Lipinski definition) is 12. The molecule has 2 saturated heterocycles. The lowest BCUT2D eigenvalue weighted by Gasteiger charge is -2.46. The van der Waals surface area contributed by atoms with Gasteiger partial charge in [0.15, 0.2) is 12.6 Å². The predicted molar refractivity (Wildman–Crippen MR) is 250 cm³/mol. The summed E-state index contributed by atoms with van der Waals surface area (Å²) in [6.07, 6.45) is -8.24. The molecule has 352 valence electrons. The van der Waals surface area contributed by atoms with Crippen molar-refractivity contribution in [3.63, 3.8) is 0 Å². The first-order valence-corrected chi connectivity index (χ1v) is 23.9. The highest BCUT2D eigenvalue weighted by atomic mass is 32.2. The lowest BCUT2D eigenvalue weighted by molar-refractivity contribution is -0.344. The van der Waals surface area contributed by atoms with Crippen molar-refractivity contribution >= 4 is 10.1 Å². The lowest BCUT2D eigenvalue weighted by Crippen LogP contribution is -2.62. The van der Waals surface area contributed by atoms with Crippen molar-refractivity contribution in [3.05, 3.63) is 209 Å². The first-order valence-electron chi connectivity index (χ1n) is 22.5. The standard InChI is InChI=1S/C54H58O12S/c1-39-20-18-19-31-47(39)67(55,56)63-38-46-49(60-34-42-25-12-5-13-26-42)51(61-35-43-27-14-6-15-28-43)54(65-46)66-50-48(59-33-41-23-10-4-11-24-41)45(37-58-32-40-21-8-3-9-22-40)64-53(57-2)52(50)62-36-44-29-16-7-17-30-44/h3-31,45-46,48-54H,32-38H2,1-2H3/t45-,46-,48-,49+,50+,51-,52+,53+,54-/m1/s1. The van der Waals surface area contributed by atoms with Gasteiger partial charge in [-0.25, -0.2) is 0 Å². The van der Waals surface area contributed by atoms with E-state index in [1.54, 1.807) is 32.2 Å². The Bertz CT molecular complexity index is 2470. The summed E-state index contributed by atoms with van der Waals surface area (Å²) in [5, 5.41) is 0. The molecule has 0 aromatic heterocycles. The minimum Gasteiger partial charge on any atom is -0.374 e. The van der Waals surface area contributed by atoms with E-state index in [1.165, 1.54) is 6.07 Å². The fraction of sp³-hybridized carbons (Fsp3) is 0.333. The highest BCUT2D eigenvalue weighted by molar-refractivity contribution is 7.86. The van der Waals surface area contributed by atoms with Crippen LogP contribution in [-0.4, -0.2) is 84.0 Å². The van der Waals surface area contributed by atoms with Crippen LogP contribution in [0.4, 0.5) is 0 Å². The molecule has 6 aromatic rings. The molecule has 9 atom stereocenters.